The number of nitrogens with one attached hydrogen (secondary N) is 2. The molecule has 0 bridgehead atoms. The number of H-pyrrole nitrogens is 1. The second kappa shape index (κ2) is 7.80. The Labute approximate surface area is 155 Å². The smallest absolute Gasteiger partial charge is 0.225 e. The fourth-order valence-corrected chi connectivity index (χ4v) is 2.70. The molecule has 0 radical (unpaired) electrons. The number of halogens is 1. The number of aryl methyl sites for hydroxylation is 1. The van der Waals surface area contributed by atoms with Crippen molar-refractivity contribution in [1.29, 1.82) is 0 Å². The van der Waals surface area contributed by atoms with Gasteiger partial charge in [0.25, 0.3) is 0 Å². The van der Waals surface area contributed by atoms with Crippen LogP contribution in [0.2, 0.25) is 5.02 Å². The van der Waals surface area contributed by atoms with E-state index in [1.54, 1.807) is 19.1 Å². The average molecular weight is 378 g/mol. The molecule has 8 heteroatoms. The first-order valence-corrected chi connectivity index (χ1v) is 8.58. The number of fused-ring (bicyclic) bond motifs is 1. The van der Waals surface area contributed by atoms with E-state index in [1.807, 2.05) is 19.1 Å². The molecule has 0 fully saturated rings. The molecule has 138 valence electrons. The van der Waals surface area contributed by atoms with Crippen LogP contribution in [0.4, 0.5) is 0 Å². The largest absolute Gasteiger partial charge is 0.484 e. The van der Waals surface area contributed by atoms with Gasteiger partial charge in [-0.1, -0.05) is 23.7 Å². The molecule has 1 aromatic carbocycles. The lowest BCUT2D eigenvalue weighted by molar-refractivity contribution is -0.125. The highest BCUT2D eigenvalue weighted by atomic mass is 35.5. The van der Waals surface area contributed by atoms with Gasteiger partial charge in [0.05, 0.1) is 29.8 Å². The maximum atomic E-state index is 11.8. The number of aliphatic hydroxyl groups excluding tert-OH is 1. The third-order valence-corrected chi connectivity index (χ3v) is 4.25. The number of benzene rings is 1. The van der Waals surface area contributed by atoms with Crippen LogP contribution >= 0.6 is 11.6 Å². The molecule has 1 atom stereocenters. The second-order valence-electron chi connectivity index (χ2n) is 6.19. The van der Waals surface area contributed by atoms with Gasteiger partial charge in [-0.05, 0) is 19.1 Å². The predicted octanol–water partition coefficient (Wildman–Crippen LogP) is 2.94. The highest BCUT2D eigenvalue weighted by Crippen LogP contribution is 2.31. The number of rotatable bonds is 7. The van der Waals surface area contributed by atoms with Crippen molar-refractivity contribution < 1.29 is 19.2 Å². The van der Waals surface area contributed by atoms with E-state index in [0.717, 1.165) is 22.3 Å². The zero-order valence-electron chi connectivity index (χ0n) is 14.5. The van der Waals surface area contributed by atoms with E-state index in [-0.39, 0.29) is 19.1 Å². The van der Waals surface area contributed by atoms with E-state index < -0.39 is 5.92 Å². The minimum Gasteiger partial charge on any atom is -0.484 e. The number of hydrogen-bond donors (Lipinski definition) is 3. The highest BCUT2D eigenvalue weighted by Gasteiger charge is 2.13. The van der Waals surface area contributed by atoms with E-state index in [9.17, 15) is 4.79 Å². The Bertz CT molecular complexity index is 918. The average Bonchev–Trinajstić information content (AvgIpc) is 3.22. The Hall–Kier alpha value is -2.51. The van der Waals surface area contributed by atoms with Gasteiger partial charge in [-0.3, -0.25) is 4.79 Å². The zero-order valence-corrected chi connectivity index (χ0v) is 15.3. The molecule has 0 saturated heterocycles. The number of aromatic nitrogens is 2. The Balaban J connectivity index is 1.70. The first-order valence-electron chi connectivity index (χ1n) is 8.21. The highest BCUT2D eigenvalue weighted by molar-refractivity contribution is 6.32. The second-order valence-corrected chi connectivity index (χ2v) is 6.60. The summed E-state index contributed by atoms with van der Waals surface area (Å²) in [4.78, 5) is 15.0. The number of aromatic amines is 1. The molecular formula is C18H20ClN3O4. The van der Waals surface area contributed by atoms with Crippen molar-refractivity contribution in [3.63, 3.8) is 0 Å². The van der Waals surface area contributed by atoms with Crippen LogP contribution in [0, 0.1) is 12.8 Å². The van der Waals surface area contributed by atoms with Crippen LogP contribution in [-0.4, -0.2) is 27.8 Å². The topological polar surface area (TPSA) is 100 Å². The number of aliphatic hydroxyl groups is 1. The standard InChI is InChI=1S/C18H20ClN3O4/c1-10(8-23)18(24)20-7-13-4-12-5-15(19)17(6-16(12)21-13)25-9-14-3-11(2)22-26-14/h3-6,10,21,23H,7-9H2,1-2H3,(H,20,24)/t10-/m0/s1. The summed E-state index contributed by atoms with van der Waals surface area (Å²) in [6.07, 6.45) is 0. The van der Waals surface area contributed by atoms with Crippen molar-refractivity contribution in [3.8, 4) is 5.75 Å². The lowest BCUT2D eigenvalue weighted by Crippen LogP contribution is -2.30. The third kappa shape index (κ3) is 4.17. The Morgan fingerprint density at radius 3 is 2.92 bits per heavy atom. The summed E-state index contributed by atoms with van der Waals surface area (Å²) in [6.45, 7) is 3.89. The lowest BCUT2D eigenvalue weighted by Gasteiger charge is -2.08. The number of carbonyl (C=O) groups excluding carboxylic acids is 1. The van der Waals surface area contributed by atoms with Crippen LogP contribution in [-0.2, 0) is 17.9 Å². The molecule has 0 spiro atoms. The molecular weight excluding hydrogens is 358 g/mol. The van der Waals surface area contributed by atoms with Crippen LogP contribution in [0.3, 0.4) is 0 Å². The molecule has 26 heavy (non-hydrogen) atoms. The summed E-state index contributed by atoms with van der Waals surface area (Å²) in [6, 6.07) is 7.32. The molecule has 3 N–H and O–H groups in total. The van der Waals surface area contributed by atoms with Crippen LogP contribution in [0.25, 0.3) is 10.9 Å². The molecule has 0 unspecified atom stereocenters. The van der Waals surface area contributed by atoms with Gasteiger partial charge < -0.3 is 24.7 Å². The Kier molecular flexibility index (Phi) is 5.49. The lowest BCUT2D eigenvalue weighted by atomic mass is 10.2. The van der Waals surface area contributed by atoms with Crippen molar-refractivity contribution in [3.05, 3.63) is 46.4 Å². The Morgan fingerprint density at radius 1 is 1.42 bits per heavy atom. The molecule has 0 aliphatic carbocycles. The number of hydrogen-bond acceptors (Lipinski definition) is 5. The maximum absolute atomic E-state index is 11.8. The van der Waals surface area contributed by atoms with Crippen molar-refractivity contribution in [2.24, 2.45) is 5.92 Å². The van der Waals surface area contributed by atoms with E-state index in [0.29, 0.717) is 23.1 Å². The summed E-state index contributed by atoms with van der Waals surface area (Å²) >= 11 is 6.29. The van der Waals surface area contributed by atoms with E-state index in [4.69, 9.17) is 26.0 Å². The van der Waals surface area contributed by atoms with E-state index in [2.05, 4.69) is 15.5 Å². The number of ether oxygens (including phenoxy) is 1. The number of amides is 1. The molecule has 2 heterocycles. The van der Waals surface area contributed by atoms with Crippen LogP contribution < -0.4 is 10.1 Å². The van der Waals surface area contributed by atoms with Gasteiger partial charge in [-0.15, -0.1) is 0 Å². The fraction of sp³-hybridized carbons (Fsp3) is 0.333. The SMILES string of the molecule is Cc1cc(COc2cc3[nH]c(CNC(=O)[C@@H](C)CO)cc3cc2Cl)on1. The Morgan fingerprint density at radius 2 is 2.23 bits per heavy atom. The van der Waals surface area contributed by atoms with Crippen molar-refractivity contribution >= 4 is 28.4 Å². The normalized spacial score (nSPS) is 12.3. The summed E-state index contributed by atoms with van der Waals surface area (Å²) in [7, 11) is 0. The van der Waals surface area contributed by atoms with Gasteiger partial charge in [0.2, 0.25) is 5.91 Å². The van der Waals surface area contributed by atoms with Gasteiger partial charge in [0.15, 0.2) is 5.76 Å². The quantitative estimate of drug-likeness (QED) is 0.587. The van der Waals surface area contributed by atoms with Gasteiger partial charge >= 0.3 is 0 Å². The molecule has 0 saturated carbocycles. The summed E-state index contributed by atoms with van der Waals surface area (Å²) in [5.74, 6) is 0.509. The molecule has 1 amide bonds. The molecule has 3 aromatic rings. The summed E-state index contributed by atoms with van der Waals surface area (Å²) in [5.41, 5.74) is 2.46. The van der Waals surface area contributed by atoms with Gasteiger partial charge in [0.1, 0.15) is 12.4 Å². The van der Waals surface area contributed by atoms with E-state index in [1.165, 1.54) is 0 Å². The predicted molar refractivity (Wildman–Crippen MR) is 97.0 cm³/mol. The molecule has 2 aromatic heterocycles. The zero-order chi connectivity index (χ0) is 18.7. The molecule has 3 rings (SSSR count). The summed E-state index contributed by atoms with van der Waals surface area (Å²) in [5, 5.41) is 17.0. The third-order valence-electron chi connectivity index (χ3n) is 3.95. The number of carbonyl (C=O) groups is 1. The monoisotopic (exact) mass is 377 g/mol. The fourth-order valence-electron chi connectivity index (χ4n) is 2.47. The first-order chi connectivity index (χ1) is 12.5. The van der Waals surface area contributed by atoms with Crippen molar-refractivity contribution in [1.82, 2.24) is 15.5 Å². The first kappa shape index (κ1) is 18.3. The van der Waals surface area contributed by atoms with Crippen LogP contribution in [0.5, 0.6) is 5.75 Å². The van der Waals surface area contributed by atoms with Crippen molar-refractivity contribution in [2.45, 2.75) is 27.0 Å². The van der Waals surface area contributed by atoms with Gasteiger partial charge in [-0.25, -0.2) is 0 Å². The summed E-state index contributed by atoms with van der Waals surface area (Å²) < 4.78 is 10.8. The van der Waals surface area contributed by atoms with Crippen LogP contribution in [0.15, 0.2) is 28.8 Å². The number of nitrogens with zero attached hydrogens (tertiary/aromatic N) is 1. The minimum absolute atomic E-state index is 0.181. The molecule has 0 aliphatic rings. The maximum Gasteiger partial charge on any atom is 0.225 e. The van der Waals surface area contributed by atoms with Crippen LogP contribution in [0.1, 0.15) is 24.1 Å². The minimum atomic E-state index is -0.437. The molecule has 7 nitrogen and oxygen atoms in total. The van der Waals surface area contributed by atoms with E-state index >= 15 is 0 Å². The van der Waals surface area contributed by atoms with Gasteiger partial charge in [-0.2, -0.15) is 0 Å². The van der Waals surface area contributed by atoms with Crippen molar-refractivity contribution in [2.75, 3.05) is 6.61 Å². The van der Waals surface area contributed by atoms with Gasteiger partial charge in [0, 0.05) is 28.7 Å². The molecule has 0 aliphatic heterocycles.